The van der Waals surface area contributed by atoms with Crippen LogP contribution in [-0.4, -0.2) is 0 Å². The molecule has 1 aromatic heterocycles. The molecule has 0 spiro atoms. The van der Waals surface area contributed by atoms with Gasteiger partial charge in [-0.1, -0.05) is 151 Å². The maximum atomic E-state index is 9.36. The van der Waals surface area contributed by atoms with Gasteiger partial charge in [-0.3, -0.25) is 0 Å². The molecule has 210 valence electrons. The molecule has 8 aromatic carbocycles. The van der Waals surface area contributed by atoms with Gasteiger partial charge in [-0.25, -0.2) is 0 Å². The van der Waals surface area contributed by atoms with Crippen LogP contribution in [0.3, 0.4) is 0 Å². The van der Waals surface area contributed by atoms with Gasteiger partial charge < -0.3 is 4.42 Å². The molecule has 0 fully saturated rings. The fourth-order valence-electron chi connectivity index (χ4n) is 6.29. The van der Waals surface area contributed by atoms with Crippen LogP contribution in [0.25, 0.3) is 88.0 Å². The number of benzene rings is 8. The first-order chi connectivity index (χ1) is 26.9. The van der Waals surface area contributed by atoms with Gasteiger partial charge in [0.25, 0.3) is 0 Å². The van der Waals surface area contributed by atoms with Gasteiger partial charge in [0.05, 0.1) is 15.1 Å². The Morgan fingerprint density at radius 2 is 1.04 bits per heavy atom. The minimum atomic E-state index is -0.654. The number of hydrogen-bond acceptors (Lipinski definition) is 1. The third-order valence-electron chi connectivity index (χ3n) is 8.25. The summed E-state index contributed by atoms with van der Waals surface area (Å²) in [6.45, 7) is 0. The normalized spacial score (nSPS) is 15.0. The zero-order valence-electron chi connectivity index (χ0n) is 34.7. The molecule has 0 aliphatic carbocycles. The first-order valence-corrected chi connectivity index (χ1v) is 14.5. The van der Waals surface area contributed by atoms with E-state index in [1.54, 1.807) is 0 Å². The second kappa shape index (κ2) is 10.4. The van der Waals surface area contributed by atoms with Crippen molar-refractivity contribution in [2.45, 2.75) is 0 Å². The molecule has 9 rings (SSSR count). The third-order valence-corrected chi connectivity index (χ3v) is 8.25. The van der Waals surface area contributed by atoms with Gasteiger partial charge in [0.1, 0.15) is 11.2 Å². The van der Waals surface area contributed by atoms with Crippen molar-refractivity contribution in [1.82, 2.24) is 0 Å². The minimum absolute atomic E-state index is 0.0246. The maximum Gasteiger partial charge on any atom is 0.143 e. The third kappa shape index (κ3) is 4.17. The molecule has 0 saturated carbocycles. The molecule has 0 saturated heterocycles. The number of furan rings is 1. The summed E-state index contributed by atoms with van der Waals surface area (Å²) in [5.41, 5.74) is 3.66. The number of hydrogen-bond donors (Lipinski definition) is 0. The van der Waals surface area contributed by atoms with E-state index in [0.29, 0.717) is 5.56 Å². The Morgan fingerprint density at radius 1 is 0.400 bits per heavy atom. The van der Waals surface area contributed by atoms with Crippen molar-refractivity contribution >= 4 is 43.5 Å². The van der Waals surface area contributed by atoms with Gasteiger partial charge in [-0.05, 0) is 73.1 Å². The summed E-state index contributed by atoms with van der Waals surface area (Å²) in [7, 11) is 0. The van der Waals surface area contributed by atoms with E-state index in [1.165, 1.54) is 0 Å². The van der Waals surface area contributed by atoms with Crippen molar-refractivity contribution in [3.05, 3.63) is 170 Å². The van der Waals surface area contributed by atoms with Crippen LogP contribution in [-0.2, 0) is 0 Å². The standard InChI is InChI=1S/C44H28O/c1-3-13-29(14-4-1)31-17-11-18-33(27-31)42-35-19-7-9-21-37(35)43(38-22-10-8-20-36(38)42)40-24-12-23-39-34-26-25-32(28-41(34)45-44(39)40)30-15-5-2-6-16-30/h1-28H/i2D,5D,6D,12D,15D,16D,23D,24D,25D,26D,28D. The second-order valence-electron chi connectivity index (χ2n) is 10.8. The molecule has 1 heteroatoms. The van der Waals surface area contributed by atoms with E-state index < -0.39 is 66.0 Å². The fraction of sp³-hybridized carbons (Fsp3) is 0. The summed E-state index contributed by atoms with van der Waals surface area (Å²) in [5, 5.41) is 3.05. The smallest absolute Gasteiger partial charge is 0.143 e. The zero-order valence-corrected chi connectivity index (χ0v) is 23.7. The summed E-state index contributed by atoms with van der Waals surface area (Å²) < 4.78 is 103. The van der Waals surface area contributed by atoms with Crippen LogP contribution in [0.5, 0.6) is 0 Å². The zero-order chi connectivity index (χ0) is 39.3. The summed E-state index contributed by atoms with van der Waals surface area (Å²) >= 11 is 0. The van der Waals surface area contributed by atoms with Crippen LogP contribution in [0, 0.1) is 0 Å². The van der Waals surface area contributed by atoms with E-state index in [4.69, 9.17) is 16.8 Å². The van der Waals surface area contributed by atoms with Crippen LogP contribution < -0.4 is 0 Å². The average molecular weight is 584 g/mol. The van der Waals surface area contributed by atoms with E-state index >= 15 is 0 Å². The number of fused-ring (bicyclic) bond motifs is 5. The highest BCUT2D eigenvalue weighted by molar-refractivity contribution is 6.24. The monoisotopic (exact) mass is 583 g/mol. The molecule has 9 aromatic rings. The topological polar surface area (TPSA) is 13.1 Å². The molecule has 0 N–H and O–H groups in total. The van der Waals surface area contributed by atoms with Gasteiger partial charge >= 0.3 is 0 Å². The quantitative estimate of drug-likeness (QED) is 0.188. The lowest BCUT2D eigenvalue weighted by Gasteiger charge is -2.18. The summed E-state index contributed by atoms with van der Waals surface area (Å²) in [5.74, 6) is 0. The predicted octanol–water partition coefficient (Wildman–Crippen LogP) is 12.6. The molecule has 1 nitrogen and oxygen atoms in total. The first kappa shape index (κ1) is 16.8. The SMILES string of the molecule is [2H]c1c([2H])c([2H])c(-c2c([2H])c([2H])c3c(oc4c(-c5c6ccccc6c(-c6cccc(-c7ccccc7)c6)c6ccccc56)c([2H])c([2H])c([2H])c43)c2[2H])c([2H])c1[2H]. The van der Waals surface area contributed by atoms with Crippen molar-refractivity contribution in [2.75, 3.05) is 0 Å². The van der Waals surface area contributed by atoms with Crippen molar-refractivity contribution in [1.29, 1.82) is 0 Å². The molecule has 0 unspecified atom stereocenters. The Bertz CT molecular complexity index is 3070. The largest absolute Gasteiger partial charge is 0.455 e. The van der Waals surface area contributed by atoms with Gasteiger partial charge in [-0.15, -0.1) is 0 Å². The molecule has 0 amide bonds. The number of para-hydroxylation sites is 1. The Labute approximate surface area is 277 Å². The van der Waals surface area contributed by atoms with Crippen LogP contribution in [0.15, 0.2) is 174 Å². The molecular weight excluding hydrogens is 544 g/mol. The summed E-state index contributed by atoms with van der Waals surface area (Å²) in [6.07, 6.45) is 0. The van der Waals surface area contributed by atoms with E-state index in [2.05, 4.69) is 30.3 Å². The van der Waals surface area contributed by atoms with Gasteiger partial charge in [-0.2, -0.15) is 0 Å². The van der Waals surface area contributed by atoms with Crippen LogP contribution in [0.2, 0.25) is 0 Å². The summed E-state index contributed by atoms with van der Waals surface area (Å²) in [4.78, 5) is 0. The van der Waals surface area contributed by atoms with Crippen LogP contribution in [0.1, 0.15) is 15.1 Å². The van der Waals surface area contributed by atoms with Crippen molar-refractivity contribution < 1.29 is 19.5 Å². The minimum Gasteiger partial charge on any atom is -0.455 e. The fourth-order valence-corrected chi connectivity index (χ4v) is 6.29. The maximum absolute atomic E-state index is 9.36. The van der Waals surface area contributed by atoms with Crippen molar-refractivity contribution in [3.63, 3.8) is 0 Å². The highest BCUT2D eigenvalue weighted by Crippen LogP contribution is 2.47. The van der Waals surface area contributed by atoms with E-state index in [-0.39, 0.29) is 39.1 Å². The molecular formula is C44H28O. The first-order valence-electron chi connectivity index (χ1n) is 20.0. The lowest BCUT2D eigenvalue weighted by molar-refractivity contribution is 0.670. The van der Waals surface area contributed by atoms with Crippen molar-refractivity contribution in [2.24, 2.45) is 0 Å². The number of rotatable bonds is 4. The second-order valence-corrected chi connectivity index (χ2v) is 10.8. The molecule has 0 bridgehead atoms. The Morgan fingerprint density at radius 3 is 1.78 bits per heavy atom. The van der Waals surface area contributed by atoms with E-state index in [1.807, 2.05) is 72.8 Å². The molecule has 45 heavy (non-hydrogen) atoms. The van der Waals surface area contributed by atoms with Gasteiger partial charge in [0.2, 0.25) is 0 Å². The van der Waals surface area contributed by atoms with Gasteiger partial charge in [0, 0.05) is 21.9 Å². The summed E-state index contributed by atoms with van der Waals surface area (Å²) in [6, 6.07) is 27.9. The molecule has 1 heterocycles. The van der Waals surface area contributed by atoms with E-state index in [0.717, 1.165) is 43.8 Å². The van der Waals surface area contributed by atoms with Crippen LogP contribution in [0.4, 0.5) is 0 Å². The van der Waals surface area contributed by atoms with E-state index in [9.17, 15) is 2.74 Å². The molecule has 0 radical (unpaired) electrons. The Balaban J connectivity index is 1.41. The van der Waals surface area contributed by atoms with Crippen LogP contribution >= 0.6 is 0 Å². The lowest BCUT2D eigenvalue weighted by atomic mass is 9.85. The lowest BCUT2D eigenvalue weighted by Crippen LogP contribution is -1.91. The van der Waals surface area contributed by atoms with Crippen molar-refractivity contribution in [3.8, 4) is 44.5 Å². The molecule has 0 aliphatic rings. The Kier molecular flexibility index (Phi) is 3.87. The Hall–Kier alpha value is -5.92. The molecule has 0 aliphatic heterocycles. The average Bonchev–Trinajstić information content (AvgIpc) is 3.63. The predicted molar refractivity (Wildman–Crippen MR) is 190 cm³/mol. The highest BCUT2D eigenvalue weighted by atomic mass is 16.3. The van der Waals surface area contributed by atoms with Gasteiger partial charge in [0.15, 0.2) is 0 Å². The highest BCUT2D eigenvalue weighted by Gasteiger charge is 2.20. The molecule has 0 atom stereocenters.